The van der Waals surface area contributed by atoms with Gasteiger partial charge in [-0.2, -0.15) is 0 Å². The van der Waals surface area contributed by atoms with Gasteiger partial charge in [0.25, 0.3) is 5.78 Å². The third kappa shape index (κ3) is 3.75. The first-order valence-electron chi connectivity index (χ1n) is 10.3. The zero-order chi connectivity index (χ0) is 23.3. The minimum Gasteiger partial charge on any atom is -0.507 e. The number of fused-ring (bicyclic) bond motifs is 1. The summed E-state index contributed by atoms with van der Waals surface area (Å²) in [6.07, 6.45) is 0. The summed E-state index contributed by atoms with van der Waals surface area (Å²) < 4.78 is 1.98. The number of ketones is 1. The van der Waals surface area contributed by atoms with E-state index in [2.05, 4.69) is 22.6 Å². The normalized spacial score (nSPS) is 17.8. The summed E-state index contributed by atoms with van der Waals surface area (Å²) in [4.78, 5) is 32.8. The van der Waals surface area contributed by atoms with Crippen LogP contribution in [-0.2, 0) is 9.59 Å². The van der Waals surface area contributed by atoms with E-state index in [1.54, 1.807) is 24.3 Å². The fourth-order valence-corrected chi connectivity index (χ4v) is 5.73. The lowest BCUT2D eigenvalue weighted by molar-refractivity contribution is -0.132. The average molecular weight is 566 g/mol. The molecule has 0 spiro atoms. The van der Waals surface area contributed by atoms with Crippen molar-refractivity contribution in [3.05, 3.63) is 98.1 Å². The molecule has 7 heteroatoms. The van der Waals surface area contributed by atoms with E-state index in [-0.39, 0.29) is 11.3 Å². The molecule has 1 aromatic heterocycles. The van der Waals surface area contributed by atoms with Gasteiger partial charge in [-0.3, -0.25) is 14.5 Å². The number of rotatable bonds is 3. The maximum absolute atomic E-state index is 13.3. The lowest BCUT2D eigenvalue weighted by Crippen LogP contribution is -2.29. The highest BCUT2D eigenvalue weighted by molar-refractivity contribution is 14.1. The van der Waals surface area contributed by atoms with Crippen LogP contribution in [0, 0.1) is 17.4 Å². The summed E-state index contributed by atoms with van der Waals surface area (Å²) in [6, 6.07) is 19.7. The SMILES string of the molecule is Cc1cc(C)c2nc(N3C(=O)C(=O)C(=C(O)c4ccccc4)C3c3ccc(I)cc3)sc2c1. The van der Waals surface area contributed by atoms with Crippen molar-refractivity contribution in [2.45, 2.75) is 19.9 Å². The first kappa shape index (κ1) is 21.8. The highest BCUT2D eigenvalue weighted by Crippen LogP contribution is 2.44. The van der Waals surface area contributed by atoms with Crippen LogP contribution >= 0.6 is 33.9 Å². The van der Waals surface area contributed by atoms with Gasteiger partial charge in [0.05, 0.1) is 21.8 Å². The number of halogens is 1. The van der Waals surface area contributed by atoms with Gasteiger partial charge in [0.15, 0.2) is 5.13 Å². The monoisotopic (exact) mass is 566 g/mol. The summed E-state index contributed by atoms with van der Waals surface area (Å²) >= 11 is 3.59. The van der Waals surface area contributed by atoms with Crippen molar-refractivity contribution >= 4 is 66.7 Å². The van der Waals surface area contributed by atoms with Crippen molar-refractivity contribution in [3.63, 3.8) is 0 Å². The molecule has 0 radical (unpaired) electrons. The molecule has 1 aliphatic rings. The predicted octanol–water partition coefficient (Wildman–Crippen LogP) is 6.14. The summed E-state index contributed by atoms with van der Waals surface area (Å²) in [5, 5.41) is 11.6. The molecule has 1 fully saturated rings. The molecule has 4 aromatic rings. The summed E-state index contributed by atoms with van der Waals surface area (Å²) in [5.41, 5.74) is 4.22. The zero-order valence-corrected chi connectivity index (χ0v) is 20.8. The Balaban J connectivity index is 1.75. The molecule has 0 saturated carbocycles. The lowest BCUT2D eigenvalue weighted by Gasteiger charge is -2.23. The highest BCUT2D eigenvalue weighted by atomic mass is 127. The number of nitrogens with zero attached hydrogens (tertiary/aromatic N) is 2. The van der Waals surface area contributed by atoms with E-state index in [4.69, 9.17) is 4.98 Å². The number of thiazole rings is 1. The fraction of sp³-hybridized carbons (Fsp3) is 0.115. The number of Topliss-reactive ketones (excluding diaryl/α,β-unsaturated/α-hetero) is 1. The lowest BCUT2D eigenvalue weighted by atomic mass is 9.95. The van der Waals surface area contributed by atoms with Gasteiger partial charge in [0.2, 0.25) is 0 Å². The number of benzene rings is 3. The molecule has 1 unspecified atom stereocenters. The second-order valence-electron chi connectivity index (χ2n) is 8.01. The van der Waals surface area contributed by atoms with Gasteiger partial charge in [-0.05, 0) is 71.3 Å². The molecular weight excluding hydrogens is 547 g/mol. The second kappa shape index (κ2) is 8.39. The van der Waals surface area contributed by atoms with Crippen LogP contribution in [0.15, 0.2) is 72.3 Å². The van der Waals surface area contributed by atoms with E-state index >= 15 is 0 Å². The van der Waals surface area contributed by atoms with Crippen LogP contribution in [0.2, 0.25) is 0 Å². The van der Waals surface area contributed by atoms with Crippen LogP contribution < -0.4 is 4.90 Å². The van der Waals surface area contributed by atoms with Gasteiger partial charge in [-0.1, -0.05) is 59.9 Å². The van der Waals surface area contributed by atoms with Crippen molar-refractivity contribution in [2.75, 3.05) is 4.90 Å². The van der Waals surface area contributed by atoms with E-state index in [0.717, 1.165) is 30.5 Å². The van der Waals surface area contributed by atoms with Crippen LogP contribution in [0.5, 0.6) is 0 Å². The highest BCUT2D eigenvalue weighted by Gasteiger charge is 2.48. The molecule has 2 heterocycles. The molecule has 1 saturated heterocycles. The van der Waals surface area contributed by atoms with E-state index in [0.29, 0.717) is 10.7 Å². The van der Waals surface area contributed by atoms with E-state index in [9.17, 15) is 14.7 Å². The minimum absolute atomic E-state index is 0.0690. The van der Waals surface area contributed by atoms with Gasteiger partial charge in [-0.25, -0.2) is 4.98 Å². The molecule has 0 aliphatic carbocycles. The third-order valence-corrected chi connectivity index (χ3v) is 7.42. The number of aliphatic hydroxyl groups excluding tert-OH is 1. The average Bonchev–Trinajstić information content (AvgIpc) is 3.33. The molecule has 164 valence electrons. The van der Waals surface area contributed by atoms with Crippen LogP contribution in [0.3, 0.4) is 0 Å². The number of anilines is 1. The molecule has 3 aromatic carbocycles. The van der Waals surface area contributed by atoms with Gasteiger partial charge in [0, 0.05) is 9.13 Å². The van der Waals surface area contributed by atoms with Gasteiger partial charge < -0.3 is 5.11 Å². The largest absolute Gasteiger partial charge is 0.507 e. The Morgan fingerprint density at radius 3 is 2.42 bits per heavy atom. The van der Waals surface area contributed by atoms with E-state index < -0.39 is 17.7 Å². The Labute approximate surface area is 208 Å². The van der Waals surface area contributed by atoms with Crippen molar-refractivity contribution in [3.8, 4) is 0 Å². The summed E-state index contributed by atoms with van der Waals surface area (Å²) in [7, 11) is 0. The molecule has 5 rings (SSSR count). The van der Waals surface area contributed by atoms with Crippen molar-refractivity contribution < 1.29 is 14.7 Å². The first-order chi connectivity index (χ1) is 15.8. The number of aryl methyl sites for hydroxylation is 2. The topological polar surface area (TPSA) is 70.5 Å². The number of aromatic nitrogens is 1. The minimum atomic E-state index is -0.774. The number of carbonyl (C=O) groups excluding carboxylic acids is 2. The molecule has 1 aliphatic heterocycles. The summed E-state index contributed by atoms with van der Waals surface area (Å²) in [5.74, 6) is -1.59. The Bertz CT molecular complexity index is 1440. The Kier molecular flexibility index (Phi) is 5.54. The summed E-state index contributed by atoms with van der Waals surface area (Å²) in [6.45, 7) is 4.00. The quantitative estimate of drug-likeness (QED) is 0.140. The number of hydrogen-bond donors (Lipinski definition) is 1. The van der Waals surface area contributed by atoms with Crippen LogP contribution in [0.25, 0.3) is 16.0 Å². The first-order valence-corrected chi connectivity index (χ1v) is 12.2. The molecule has 1 amide bonds. The maximum Gasteiger partial charge on any atom is 0.301 e. The van der Waals surface area contributed by atoms with E-state index in [1.165, 1.54) is 16.2 Å². The Hall–Kier alpha value is -3.04. The molecule has 33 heavy (non-hydrogen) atoms. The van der Waals surface area contributed by atoms with Crippen molar-refractivity contribution in [2.24, 2.45) is 0 Å². The zero-order valence-electron chi connectivity index (χ0n) is 17.9. The van der Waals surface area contributed by atoms with Gasteiger partial charge in [-0.15, -0.1) is 0 Å². The standard InChI is InChI=1S/C26H19IN2O3S/c1-14-12-15(2)21-19(13-14)33-26(28-21)29-22(16-8-10-18(27)11-9-16)20(24(31)25(29)32)23(30)17-6-4-3-5-7-17/h3-13,22,30H,1-2H3. The van der Waals surface area contributed by atoms with E-state index in [1.807, 2.05) is 56.3 Å². The smallest absolute Gasteiger partial charge is 0.301 e. The van der Waals surface area contributed by atoms with Crippen LogP contribution in [-0.4, -0.2) is 21.8 Å². The molecule has 0 bridgehead atoms. The maximum atomic E-state index is 13.3. The number of aliphatic hydroxyl groups is 1. The molecule has 1 atom stereocenters. The number of hydrogen-bond acceptors (Lipinski definition) is 5. The molecular formula is C26H19IN2O3S. The van der Waals surface area contributed by atoms with Gasteiger partial charge in [0.1, 0.15) is 5.76 Å². The van der Waals surface area contributed by atoms with Crippen molar-refractivity contribution in [1.82, 2.24) is 4.98 Å². The molecule has 1 N–H and O–H groups in total. The second-order valence-corrected chi connectivity index (χ2v) is 10.3. The third-order valence-electron chi connectivity index (χ3n) is 5.70. The molecule has 5 nitrogen and oxygen atoms in total. The fourth-order valence-electron chi connectivity index (χ4n) is 4.20. The predicted molar refractivity (Wildman–Crippen MR) is 139 cm³/mol. The number of carbonyl (C=O) groups is 2. The Morgan fingerprint density at radius 2 is 1.73 bits per heavy atom. The Morgan fingerprint density at radius 1 is 1.03 bits per heavy atom. The van der Waals surface area contributed by atoms with Crippen molar-refractivity contribution in [1.29, 1.82) is 0 Å². The van der Waals surface area contributed by atoms with Crippen LogP contribution in [0.4, 0.5) is 5.13 Å². The number of amides is 1. The van der Waals surface area contributed by atoms with Crippen LogP contribution in [0.1, 0.15) is 28.3 Å². The van der Waals surface area contributed by atoms with Gasteiger partial charge >= 0.3 is 5.91 Å².